The van der Waals surface area contributed by atoms with Crippen molar-refractivity contribution in [3.8, 4) is 0 Å². The molecule has 1 aromatic rings. The predicted octanol–water partition coefficient (Wildman–Crippen LogP) is 1.36. The van der Waals surface area contributed by atoms with E-state index in [1.807, 2.05) is 12.1 Å². The number of aromatic nitrogens is 1. The number of carbonyl (C=O) groups is 1. The Kier molecular flexibility index (Phi) is 4.09. The van der Waals surface area contributed by atoms with Crippen molar-refractivity contribution in [1.29, 1.82) is 0 Å². The minimum absolute atomic E-state index is 0.0493. The van der Waals surface area contributed by atoms with Gasteiger partial charge in [0, 0.05) is 13.2 Å². The monoisotopic (exact) mass is 207 g/mol. The van der Waals surface area contributed by atoms with Gasteiger partial charge in [0.05, 0.1) is 6.54 Å². The molecule has 82 valence electrons. The number of hydrogen-bond acceptors (Lipinski definition) is 3. The van der Waals surface area contributed by atoms with Gasteiger partial charge in [-0.05, 0) is 23.6 Å². The normalized spacial score (nSPS) is 10.1. The van der Waals surface area contributed by atoms with Gasteiger partial charge in [0.2, 0.25) is 5.91 Å². The molecule has 0 atom stereocenters. The largest absolute Gasteiger partial charge is 0.361 e. The zero-order valence-corrected chi connectivity index (χ0v) is 9.37. The molecule has 4 nitrogen and oxygen atoms in total. The summed E-state index contributed by atoms with van der Waals surface area (Å²) >= 11 is 0. The molecule has 1 amide bonds. The van der Waals surface area contributed by atoms with Crippen molar-refractivity contribution in [2.24, 2.45) is 0 Å². The Morgan fingerprint density at radius 3 is 2.87 bits per heavy atom. The van der Waals surface area contributed by atoms with Crippen LogP contribution in [0.1, 0.15) is 25.3 Å². The Labute approximate surface area is 90.1 Å². The summed E-state index contributed by atoms with van der Waals surface area (Å²) in [6.45, 7) is 4.50. The molecule has 0 saturated heterocycles. The summed E-state index contributed by atoms with van der Waals surface area (Å²) < 4.78 is 0. The van der Waals surface area contributed by atoms with Gasteiger partial charge in [-0.15, -0.1) is 0 Å². The molecule has 0 spiro atoms. The second-order valence-electron chi connectivity index (χ2n) is 3.66. The average Bonchev–Trinajstić information content (AvgIpc) is 2.26. The fraction of sp³-hybridized carbons (Fsp3) is 0.455. The lowest BCUT2D eigenvalue weighted by Crippen LogP contribution is -2.26. The Morgan fingerprint density at radius 2 is 2.27 bits per heavy atom. The number of likely N-dealkylation sites (N-methyl/N-ethyl adjacent to an activating group) is 1. The highest BCUT2D eigenvalue weighted by Crippen LogP contribution is 2.15. The van der Waals surface area contributed by atoms with Gasteiger partial charge in [-0.3, -0.25) is 4.79 Å². The second kappa shape index (κ2) is 5.34. The van der Waals surface area contributed by atoms with Crippen molar-refractivity contribution >= 4 is 11.7 Å². The highest BCUT2D eigenvalue weighted by Gasteiger charge is 2.02. The molecule has 0 fully saturated rings. The SMILES string of the molecule is CNC(=O)CNc1cc(C(C)C)ccn1. The van der Waals surface area contributed by atoms with E-state index in [0.717, 1.165) is 5.82 Å². The number of carbonyl (C=O) groups excluding carboxylic acids is 1. The second-order valence-corrected chi connectivity index (χ2v) is 3.66. The van der Waals surface area contributed by atoms with E-state index in [-0.39, 0.29) is 12.5 Å². The van der Waals surface area contributed by atoms with Crippen LogP contribution in [-0.2, 0) is 4.79 Å². The highest BCUT2D eigenvalue weighted by atomic mass is 16.1. The number of hydrogen-bond donors (Lipinski definition) is 2. The van der Waals surface area contributed by atoms with Crippen molar-refractivity contribution in [3.63, 3.8) is 0 Å². The van der Waals surface area contributed by atoms with Crippen LogP contribution >= 0.6 is 0 Å². The predicted molar refractivity (Wildman–Crippen MR) is 60.9 cm³/mol. The fourth-order valence-electron chi connectivity index (χ4n) is 1.16. The van der Waals surface area contributed by atoms with Crippen molar-refractivity contribution in [2.75, 3.05) is 18.9 Å². The minimum Gasteiger partial charge on any atom is -0.361 e. The highest BCUT2D eigenvalue weighted by molar-refractivity contribution is 5.80. The van der Waals surface area contributed by atoms with Gasteiger partial charge in [0.15, 0.2) is 0 Å². The van der Waals surface area contributed by atoms with Crippen molar-refractivity contribution in [2.45, 2.75) is 19.8 Å². The van der Waals surface area contributed by atoms with E-state index >= 15 is 0 Å². The van der Waals surface area contributed by atoms with Gasteiger partial charge in [-0.2, -0.15) is 0 Å². The fourth-order valence-corrected chi connectivity index (χ4v) is 1.16. The van der Waals surface area contributed by atoms with Crippen LogP contribution in [0.15, 0.2) is 18.3 Å². The summed E-state index contributed by atoms with van der Waals surface area (Å²) in [5, 5.41) is 5.51. The molecule has 15 heavy (non-hydrogen) atoms. The van der Waals surface area contributed by atoms with E-state index in [1.54, 1.807) is 13.2 Å². The molecule has 0 aliphatic rings. The summed E-state index contributed by atoms with van der Waals surface area (Å²) in [4.78, 5) is 15.1. The van der Waals surface area contributed by atoms with E-state index in [2.05, 4.69) is 29.5 Å². The lowest BCUT2D eigenvalue weighted by Gasteiger charge is -2.08. The van der Waals surface area contributed by atoms with Gasteiger partial charge in [-0.25, -0.2) is 4.98 Å². The summed E-state index contributed by atoms with van der Waals surface area (Å²) in [7, 11) is 1.61. The standard InChI is InChI=1S/C11H17N3O/c1-8(2)9-4-5-13-10(6-9)14-7-11(15)12-3/h4-6,8H,7H2,1-3H3,(H,12,15)(H,13,14). The molecule has 0 saturated carbocycles. The zero-order valence-electron chi connectivity index (χ0n) is 9.37. The smallest absolute Gasteiger partial charge is 0.239 e. The summed E-state index contributed by atoms with van der Waals surface area (Å²) in [6, 6.07) is 3.95. The van der Waals surface area contributed by atoms with Crippen LogP contribution in [0.4, 0.5) is 5.82 Å². The summed E-state index contributed by atoms with van der Waals surface area (Å²) in [5.74, 6) is 1.16. The molecule has 0 bridgehead atoms. The molecular weight excluding hydrogens is 190 g/mol. The van der Waals surface area contributed by atoms with Crippen molar-refractivity contribution in [3.05, 3.63) is 23.9 Å². The van der Waals surface area contributed by atoms with Gasteiger partial charge >= 0.3 is 0 Å². The molecule has 1 rings (SSSR count). The number of pyridine rings is 1. The molecule has 1 aromatic heterocycles. The first kappa shape index (κ1) is 11.5. The number of anilines is 1. The Hall–Kier alpha value is -1.58. The first-order valence-corrected chi connectivity index (χ1v) is 5.04. The minimum atomic E-state index is -0.0493. The maximum absolute atomic E-state index is 11.0. The first-order valence-electron chi connectivity index (χ1n) is 5.04. The van der Waals surface area contributed by atoms with Crippen LogP contribution < -0.4 is 10.6 Å². The summed E-state index contributed by atoms with van der Waals surface area (Å²) in [6.07, 6.45) is 1.75. The van der Waals surface area contributed by atoms with E-state index in [4.69, 9.17) is 0 Å². The molecule has 0 aromatic carbocycles. The Morgan fingerprint density at radius 1 is 1.53 bits per heavy atom. The third kappa shape index (κ3) is 3.58. The number of nitrogens with one attached hydrogen (secondary N) is 2. The molecular formula is C11H17N3O. The van der Waals surface area contributed by atoms with Crippen LogP contribution in [0.3, 0.4) is 0 Å². The molecule has 2 N–H and O–H groups in total. The Balaban J connectivity index is 2.61. The molecule has 1 heterocycles. The van der Waals surface area contributed by atoms with Gasteiger partial charge in [0.1, 0.15) is 5.82 Å². The lowest BCUT2D eigenvalue weighted by molar-refractivity contribution is -0.118. The third-order valence-corrected chi connectivity index (χ3v) is 2.16. The molecule has 0 unspecified atom stereocenters. The zero-order chi connectivity index (χ0) is 11.3. The molecule has 0 aliphatic carbocycles. The van der Waals surface area contributed by atoms with Crippen molar-refractivity contribution in [1.82, 2.24) is 10.3 Å². The van der Waals surface area contributed by atoms with Gasteiger partial charge in [-0.1, -0.05) is 13.8 Å². The lowest BCUT2D eigenvalue weighted by atomic mass is 10.1. The van der Waals surface area contributed by atoms with Crippen LogP contribution in [0.25, 0.3) is 0 Å². The topological polar surface area (TPSA) is 54.0 Å². The van der Waals surface area contributed by atoms with Crippen LogP contribution in [0.5, 0.6) is 0 Å². The van der Waals surface area contributed by atoms with E-state index in [9.17, 15) is 4.79 Å². The molecule has 0 aliphatic heterocycles. The third-order valence-electron chi connectivity index (χ3n) is 2.16. The summed E-state index contributed by atoms with van der Waals surface area (Å²) in [5.41, 5.74) is 1.21. The average molecular weight is 207 g/mol. The van der Waals surface area contributed by atoms with Gasteiger partial charge in [0.25, 0.3) is 0 Å². The number of nitrogens with zero attached hydrogens (tertiary/aromatic N) is 1. The Bertz CT molecular complexity index is 336. The maximum Gasteiger partial charge on any atom is 0.239 e. The van der Waals surface area contributed by atoms with Crippen LogP contribution in [0.2, 0.25) is 0 Å². The first-order chi connectivity index (χ1) is 7.13. The van der Waals surface area contributed by atoms with Crippen molar-refractivity contribution < 1.29 is 4.79 Å². The van der Waals surface area contributed by atoms with Crippen LogP contribution in [-0.4, -0.2) is 24.5 Å². The molecule has 0 radical (unpaired) electrons. The molecule has 4 heteroatoms. The van der Waals surface area contributed by atoms with Gasteiger partial charge < -0.3 is 10.6 Å². The van der Waals surface area contributed by atoms with E-state index in [0.29, 0.717) is 5.92 Å². The van der Waals surface area contributed by atoms with E-state index < -0.39 is 0 Å². The number of amides is 1. The van der Waals surface area contributed by atoms with Crippen LogP contribution in [0, 0.1) is 0 Å². The quantitative estimate of drug-likeness (QED) is 0.784. The maximum atomic E-state index is 11.0. The van der Waals surface area contributed by atoms with E-state index in [1.165, 1.54) is 5.56 Å². The number of rotatable bonds is 4.